The molecule has 2 aromatic heterocycles. The molecule has 0 fully saturated rings. The van der Waals surface area contributed by atoms with Gasteiger partial charge in [0, 0.05) is 23.4 Å². The number of halogens is 1. The maximum atomic E-state index is 14.0. The topological polar surface area (TPSA) is 105 Å². The van der Waals surface area contributed by atoms with E-state index in [1.807, 2.05) is 44.2 Å². The third kappa shape index (κ3) is 4.39. The number of benzene rings is 2. The molecule has 0 amide bonds. The second kappa shape index (κ2) is 8.53. The van der Waals surface area contributed by atoms with E-state index in [1.54, 1.807) is 24.7 Å². The number of nitrogens with zero attached hydrogens (tertiary/aromatic N) is 4. The van der Waals surface area contributed by atoms with E-state index in [2.05, 4.69) is 15.2 Å². The van der Waals surface area contributed by atoms with Gasteiger partial charge < -0.3 is 16.2 Å². The van der Waals surface area contributed by atoms with Gasteiger partial charge in [-0.25, -0.2) is 9.37 Å². The highest BCUT2D eigenvalue weighted by Gasteiger charge is 2.18. The SMILES string of the molecule is C[C@@H](N)c1ccc(-c2cnc(N)c(O[C@H](C)c3cc(F)ccc3-n3nccn3)c2)cc1. The first kappa shape index (κ1) is 20.5. The quantitative estimate of drug-likeness (QED) is 0.486. The summed E-state index contributed by atoms with van der Waals surface area (Å²) in [4.78, 5) is 5.70. The summed E-state index contributed by atoms with van der Waals surface area (Å²) >= 11 is 0. The predicted molar refractivity (Wildman–Crippen MR) is 117 cm³/mol. The molecular formula is C23H23FN6O. The van der Waals surface area contributed by atoms with E-state index in [1.165, 1.54) is 16.9 Å². The van der Waals surface area contributed by atoms with Gasteiger partial charge in [0.25, 0.3) is 0 Å². The average molecular weight is 418 g/mol. The van der Waals surface area contributed by atoms with Gasteiger partial charge in [-0.2, -0.15) is 15.0 Å². The third-order valence-corrected chi connectivity index (χ3v) is 5.02. The molecule has 2 atom stereocenters. The summed E-state index contributed by atoms with van der Waals surface area (Å²) in [6, 6.07) is 14.1. The summed E-state index contributed by atoms with van der Waals surface area (Å²) in [5.74, 6) is 0.276. The number of hydrogen-bond donors (Lipinski definition) is 2. The van der Waals surface area contributed by atoms with Gasteiger partial charge in [-0.15, -0.1) is 0 Å². The van der Waals surface area contributed by atoms with Crippen molar-refractivity contribution in [3.8, 4) is 22.6 Å². The van der Waals surface area contributed by atoms with Crippen LogP contribution < -0.4 is 16.2 Å². The molecule has 0 unspecified atom stereocenters. The molecular weight excluding hydrogens is 395 g/mol. The number of hydrogen-bond acceptors (Lipinski definition) is 6. The van der Waals surface area contributed by atoms with Crippen LogP contribution >= 0.6 is 0 Å². The molecule has 0 spiro atoms. The normalized spacial score (nSPS) is 13.0. The van der Waals surface area contributed by atoms with E-state index in [9.17, 15) is 4.39 Å². The predicted octanol–water partition coefficient (Wildman–Crippen LogP) is 4.21. The Kier molecular flexibility index (Phi) is 5.64. The molecule has 4 N–H and O–H groups in total. The van der Waals surface area contributed by atoms with E-state index in [4.69, 9.17) is 16.2 Å². The van der Waals surface area contributed by atoms with Crippen LogP contribution in [0.5, 0.6) is 5.75 Å². The van der Waals surface area contributed by atoms with Gasteiger partial charge in [-0.3, -0.25) is 0 Å². The number of nitrogen functional groups attached to an aromatic ring is 1. The first-order chi connectivity index (χ1) is 14.9. The summed E-state index contributed by atoms with van der Waals surface area (Å²) in [5.41, 5.74) is 16.0. The van der Waals surface area contributed by atoms with E-state index < -0.39 is 6.10 Å². The van der Waals surface area contributed by atoms with E-state index in [0.29, 0.717) is 17.0 Å². The molecule has 0 saturated carbocycles. The smallest absolute Gasteiger partial charge is 0.166 e. The second-order valence-electron chi connectivity index (χ2n) is 7.30. The van der Waals surface area contributed by atoms with Crippen LogP contribution in [0.4, 0.5) is 10.2 Å². The van der Waals surface area contributed by atoms with Gasteiger partial charge in [0.05, 0.1) is 18.1 Å². The van der Waals surface area contributed by atoms with Gasteiger partial charge in [0.15, 0.2) is 11.6 Å². The summed E-state index contributed by atoms with van der Waals surface area (Å²) in [6.07, 6.45) is 4.27. The standard InChI is InChI=1S/C23H23FN6O/c1-14(25)16-3-5-17(6-4-16)18-11-22(23(26)27-13-18)31-15(2)20-12-19(24)7-8-21(20)30-28-9-10-29-30/h3-15H,25H2,1-2H3,(H2,26,27)/t14-,15-/m1/s1. The maximum Gasteiger partial charge on any atom is 0.166 e. The second-order valence-corrected chi connectivity index (χ2v) is 7.30. The third-order valence-electron chi connectivity index (χ3n) is 5.02. The van der Waals surface area contributed by atoms with E-state index >= 15 is 0 Å². The average Bonchev–Trinajstić information content (AvgIpc) is 3.30. The number of rotatable bonds is 6. The molecule has 8 heteroatoms. The molecule has 0 aliphatic heterocycles. The Morgan fingerprint density at radius 3 is 2.35 bits per heavy atom. The van der Waals surface area contributed by atoms with Gasteiger partial charge in [-0.1, -0.05) is 24.3 Å². The van der Waals surface area contributed by atoms with Crippen molar-refractivity contribution in [3.05, 3.63) is 84.1 Å². The van der Waals surface area contributed by atoms with Crippen LogP contribution in [0.1, 0.15) is 37.1 Å². The van der Waals surface area contributed by atoms with Crippen molar-refractivity contribution in [1.82, 2.24) is 20.0 Å². The van der Waals surface area contributed by atoms with Crippen molar-refractivity contribution < 1.29 is 9.13 Å². The monoisotopic (exact) mass is 418 g/mol. The van der Waals surface area contributed by atoms with Crippen molar-refractivity contribution >= 4 is 5.82 Å². The van der Waals surface area contributed by atoms with Crippen LogP contribution in [0.3, 0.4) is 0 Å². The summed E-state index contributed by atoms with van der Waals surface area (Å²) in [5, 5.41) is 8.28. The Labute approximate surface area is 179 Å². The number of nitrogens with two attached hydrogens (primary N) is 2. The van der Waals surface area contributed by atoms with Crippen LogP contribution in [-0.2, 0) is 0 Å². The highest BCUT2D eigenvalue weighted by atomic mass is 19.1. The maximum absolute atomic E-state index is 14.0. The van der Waals surface area contributed by atoms with E-state index in [0.717, 1.165) is 16.7 Å². The zero-order valence-electron chi connectivity index (χ0n) is 17.2. The fourth-order valence-corrected chi connectivity index (χ4v) is 3.31. The molecule has 0 bridgehead atoms. The van der Waals surface area contributed by atoms with Gasteiger partial charge in [0.2, 0.25) is 0 Å². The van der Waals surface area contributed by atoms with Crippen molar-refractivity contribution in [2.75, 3.05) is 5.73 Å². The van der Waals surface area contributed by atoms with Crippen LogP contribution in [-0.4, -0.2) is 20.0 Å². The molecule has 158 valence electrons. The van der Waals surface area contributed by atoms with Crippen molar-refractivity contribution in [2.45, 2.75) is 26.0 Å². The lowest BCUT2D eigenvalue weighted by Gasteiger charge is -2.19. The van der Waals surface area contributed by atoms with E-state index in [-0.39, 0.29) is 17.7 Å². The summed E-state index contributed by atoms with van der Waals surface area (Å²) in [7, 11) is 0. The number of aromatic nitrogens is 4. The molecule has 0 radical (unpaired) electrons. The highest BCUT2D eigenvalue weighted by molar-refractivity contribution is 5.67. The van der Waals surface area contributed by atoms with Crippen LogP contribution in [0.2, 0.25) is 0 Å². The summed E-state index contributed by atoms with van der Waals surface area (Å²) < 4.78 is 20.1. The lowest BCUT2D eigenvalue weighted by atomic mass is 10.0. The van der Waals surface area contributed by atoms with Crippen molar-refractivity contribution in [1.29, 1.82) is 0 Å². The Hall–Kier alpha value is -3.78. The lowest BCUT2D eigenvalue weighted by molar-refractivity contribution is 0.226. The first-order valence-electron chi connectivity index (χ1n) is 9.86. The first-order valence-corrected chi connectivity index (χ1v) is 9.86. The Balaban J connectivity index is 1.64. The zero-order valence-corrected chi connectivity index (χ0v) is 17.2. The molecule has 0 aliphatic carbocycles. The van der Waals surface area contributed by atoms with Gasteiger partial charge >= 0.3 is 0 Å². The highest BCUT2D eigenvalue weighted by Crippen LogP contribution is 2.32. The molecule has 7 nitrogen and oxygen atoms in total. The molecule has 4 rings (SSSR count). The fraction of sp³-hybridized carbons (Fsp3) is 0.174. The van der Waals surface area contributed by atoms with Crippen molar-refractivity contribution in [2.24, 2.45) is 5.73 Å². The molecule has 4 aromatic rings. The van der Waals surface area contributed by atoms with Crippen molar-refractivity contribution in [3.63, 3.8) is 0 Å². The summed E-state index contributed by atoms with van der Waals surface area (Å²) in [6.45, 7) is 3.75. The Bertz CT molecular complexity index is 1180. The molecule has 0 aliphatic rings. The molecule has 2 aromatic carbocycles. The largest absolute Gasteiger partial charge is 0.482 e. The minimum atomic E-state index is -0.531. The molecule has 31 heavy (non-hydrogen) atoms. The van der Waals surface area contributed by atoms with Crippen LogP contribution in [0, 0.1) is 5.82 Å². The lowest BCUT2D eigenvalue weighted by Crippen LogP contribution is -2.11. The van der Waals surface area contributed by atoms with Gasteiger partial charge in [0.1, 0.15) is 11.9 Å². The Morgan fingerprint density at radius 1 is 0.968 bits per heavy atom. The number of pyridine rings is 1. The minimum absolute atomic E-state index is 0.0388. The molecule has 2 heterocycles. The zero-order chi connectivity index (χ0) is 22.0. The number of anilines is 1. The molecule has 0 saturated heterocycles. The fourth-order valence-electron chi connectivity index (χ4n) is 3.31. The van der Waals surface area contributed by atoms with Crippen LogP contribution in [0.25, 0.3) is 16.8 Å². The minimum Gasteiger partial charge on any atom is -0.482 e. The Morgan fingerprint density at radius 2 is 1.68 bits per heavy atom. The van der Waals surface area contributed by atoms with Crippen LogP contribution in [0.15, 0.2) is 67.1 Å². The number of ether oxygens (including phenoxy) is 1. The van der Waals surface area contributed by atoms with Gasteiger partial charge in [-0.05, 0) is 49.2 Å².